The molecule has 8 nitrogen and oxygen atoms in total. The van der Waals surface area contributed by atoms with Crippen molar-refractivity contribution in [3.63, 3.8) is 0 Å². The van der Waals surface area contributed by atoms with E-state index >= 15 is 0 Å². The van der Waals surface area contributed by atoms with Crippen molar-refractivity contribution in [3.05, 3.63) is 23.8 Å². The Bertz CT molecular complexity index is 874. The van der Waals surface area contributed by atoms with E-state index in [-0.39, 0.29) is 30.3 Å². The number of rotatable bonds is 5. The van der Waals surface area contributed by atoms with Crippen molar-refractivity contribution in [1.29, 1.82) is 0 Å². The van der Waals surface area contributed by atoms with Gasteiger partial charge in [0.25, 0.3) is 5.78 Å². The molecule has 0 saturated carbocycles. The van der Waals surface area contributed by atoms with Gasteiger partial charge in [-0.25, -0.2) is 4.98 Å². The quantitative estimate of drug-likeness (QED) is 0.729. The molecule has 0 N–H and O–H groups in total. The molecule has 2 aromatic heterocycles. The summed E-state index contributed by atoms with van der Waals surface area (Å²) in [5.74, 6) is -0.355. The number of piperidine rings is 1. The molecule has 11 heteroatoms. The highest BCUT2D eigenvalue weighted by Gasteiger charge is 2.36. The molecule has 0 aromatic carbocycles. The Kier molecular flexibility index (Phi) is 6.19. The van der Waals surface area contributed by atoms with Crippen molar-refractivity contribution < 1.29 is 27.4 Å². The Balaban J connectivity index is 1.32. The minimum atomic E-state index is -4.56. The van der Waals surface area contributed by atoms with Crippen LogP contribution in [0.25, 0.3) is 5.78 Å². The maximum absolute atomic E-state index is 13.4. The fourth-order valence-electron chi connectivity index (χ4n) is 3.97. The molecule has 2 fully saturated rings. The van der Waals surface area contributed by atoms with E-state index in [4.69, 9.17) is 9.47 Å². The normalized spacial score (nSPS) is 21.3. The van der Waals surface area contributed by atoms with E-state index in [0.29, 0.717) is 42.7 Å². The number of aromatic nitrogens is 4. The van der Waals surface area contributed by atoms with Crippen LogP contribution in [0.4, 0.5) is 13.2 Å². The first-order chi connectivity index (χ1) is 14.4. The summed E-state index contributed by atoms with van der Waals surface area (Å²) in [6.45, 7) is 2.04. The number of ether oxygens (including phenoxy) is 2. The Morgan fingerprint density at radius 2 is 2.03 bits per heavy atom. The lowest BCUT2D eigenvalue weighted by atomic mass is 9.93. The highest BCUT2D eigenvalue weighted by molar-refractivity contribution is 5.77. The van der Waals surface area contributed by atoms with Crippen LogP contribution in [-0.4, -0.2) is 69.4 Å². The third-order valence-electron chi connectivity index (χ3n) is 5.63. The summed E-state index contributed by atoms with van der Waals surface area (Å²) in [6.07, 6.45) is 0.744. The van der Waals surface area contributed by atoms with Gasteiger partial charge in [0.05, 0.1) is 12.7 Å². The first-order valence-corrected chi connectivity index (χ1v) is 10.2. The molecule has 164 valence electrons. The number of alkyl halides is 3. The Labute approximate surface area is 171 Å². The topological polar surface area (TPSA) is 81.9 Å². The maximum atomic E-state index is 13.4. The molecule has 4 heterocycles. The SMILES string of the molecule is O=C(COC[C@H]1CCCCO1)N1CCC(c2cc(C(F)(F)F)n3ncnc3n2)CC1. The lowest BCUT2D eigenvalue weighted by molar-refractivity contribution is -0.142. The highest BCUT2D eigenvalue weighted by Crippen LogP contribution is 2.33. The molecule has 2 aliphatic heterocycles. The van der Waals surface area contributed by atoms with E-state index in [1.165, 1.54) is 0 Å². The molecule has 0 unspecified atom stereocenters. The van der Waals surface area contributed by atoms with E-state index in [2.05, 4.69) is 15.1 Å². The Morgan fingerprint density at radius 3 is 2.73 bits per heavy atom. The summed E-state index contributed by atoms with van der Waals surface area (Å²) in [7, 11) is 0. The molecule has 0 radical (unpaired) electrons. The van der Waals surface area contributed by atoms with Crippen LogP contribution in [0.2, 0.25) is 0 Å². The molecule has 1 atom stereocenters. The standard InChI is InChI=1S/C19H24F3N5O3/c20-19(21,22)16-9-15(25-18-23-12-24-27(16)18)13-4-6-26(7-5-13)17(28)11-29-10-14-3-1-2-8-30-14/h9,12-14H,1-8,10-11H2/t14-/m1/s1. The van der Waals surface area contributed by atoms with Crippen molar-refractivity contribution in [2.45, 2.75) is 50.3 Å². The number of carbonyl (C=O) groups excluding carboxylic acids is 1. The minimum absolute atomic E-state index is 0.00724. The molecule has 30 heavy (non-hydrogen) atoms. The van der Waals surface area contributed by atoms with Gasteiger partial charge in [-0.2, -0.15) is 27.8 Å². The number of nitrogens with zero attached hydrogens (tertiary/aromatic N) is 5. The van der Waals surface area contributed by atoms with Crippen molar-refractivity contribution in [2.24, 2.45) is 0 Å². The van der Waals surface area contributed by atoms with Gasteiger partial charge < -0.3 is 14.4 Å². The van der Waals surface area contributed by atoms with Crippen molar-refractivity contribution in [3.8, 4) is 0 Å². The Hall–Kier alpha value is -2.27. The van der Waals surface area contributed by atoms with Crippen molar-refractivity contribution >= 4 is 11.7 Å². The zero-order chi connectivity index (χ0) is 21.1. The molecule has 2 aliphatic rings. The molecule has 2 saturated heterocycles. The number of fused-ring (bicyclic) bond motifs is 1. The van der Waals surface area contributed by atoms with Gasteiger partial charge in [0, 0.05) is 31.3 Å². The number of amides is 1. The maximum Gasteiger partial charge on any atom is 0.433 e. The molecule has 0 spiro atoms. The summed E-state index contributed by atoms with van der Waals surface area (Å²) < 4.78 is 51.9. The first-order valence-electron chi connectivity index (χ1n) is 10.2. The summed E-state index contributed by atoms with van der Waals surface area (Å²) in [4.78, 5) is 22.1. The van der Waals surface area contributed by atoms with E-state index in [1.807, 2.05) is 0 Å². The van der Waals surface area contributed by atoms with Crippen LogP contribution < -0.4 is 0 Å². The van der Waals surface area contributed by atoms with Crippen LogP contribution in [-0.2, 0) is 20.4 Å². The zero-order valence-electron chi connectivity index (χ0n) is 16.5. The largest absolute Gasteiger partial charge is 0.433 e. The molecule has 4 rings (SSSR count). The Morgan fingerprint density at radius 1 is 1.23 bits per heavy atom. The van der Waals surface area contributed by atoms with E-state index in [1.54, 1.807) is 4.90 Å². The monoisotopic (exact) mass is 427 g/mol. The lowest BCUT2D eigenvalue weighted by Gasteiger charge is -2.32. The van der Waals surface area contributed by atoms with E-state index in [9.17, 15) is 18.0 Å². The summed E-state index contributed by atoms with van der Waals surface area (Å²) >= 11 is 0. The number of likely N-dealkylation sites (tertiary alicyclic amines) is 1. The summed E-state index contributed by atoms with van der Waals surface area (Å²) in [6, 6.07) is 1.04. The predicted molar refractivity (Wildman–Crippen MR) is 98.7 cm³/mol. The van der Waals surface area contributed by atoms with Crippen LogP contribution in [0, 0.1) is 0 Å². The number of carbonyl (C=O) groups is 1. The molecule has 1 amide bonds. The van der Waals surface area contributed by atoms with Gasteiger partial charge in [-0.1, -0.05) is 0 Å². The first kappa shape index (κ1) is 21.0. The smallest absolute Gasteiger partial charge is 0.376 e. The minimum Gasteiger partial charge on any atom is -0.376 e. The second-order valence-electron chi connectivity index (χ2n) is 7.69. The third kappa shape index (κ3) is 4.72. The second kappa shape index (κ2) is 8.84. The molecular weight excluding hydrogens is 403 g/mol. The fraction of sp³-hybridized carbons (Fsp3) is 0.684. The van der Waals surface area contributed by atoms with Crippen LogP contribution in [0.1, 0.15) is 49.4 Å². The third-order valence-corrected chi connectivity index (χ3v) is 5.63. The van der Waals surface area contributed by atoms with Crippen LogP contribution in [0.3, 0.4) is 0 Å². The lowest BCUT2D eigenvalue weighted by Crippen LogP contribution is -2.40. The second-order valence-corrected chi connectivity index (χ2v) is 7.69. The highest BCUT2D eigenvalue weighted by atomic mass is 19.4. The molecule has 0 bridgehead atoms. The molecular formula is C19H24F3N5O3. The van der Waals surface area contributed by atoms with Crippen molar-refractivity contribution in [1.82, 2.24) is 24.5 Å². The molecule has 0 aliphatic carbocycles. The van der Waals surface area contributed by atoms with Gasteiger partial charge in [0.15, 0.2) is 5.69 Å². The number of hydrogen-bond donors (Lipinski definition) is 0. The van der Waals surface area contributed by atoms with Gasteiger partial charge in [-0.3, -0.25) is 4.79 Å². The molecule has 2 aromatic rings. The van der Waals surface area contributed by atoms with Gasteiger partial charge in [-0.05, 0) is 38.2 Å². The van der Waals surface area contributed by atoms with E-state index in [0.717, 1.165) is 38.3 Å². The predicted octanol–water partition coefficient (Wildman–Crippen LogP) is 2.43. The van der Waals surface area contributed by atoms with Gasteiger partial charge in [-0.15, -0.1) is 0 Å². The van der Waals surface area contributed by atoms with Gasteiger partial charge in [0.2, 0.25) is 5.91 Å². The van der Waals surface area contributed by atoms with Crippen LogP contribution >= 0.6 is 0 Å². The summed E-state index contributed by atoms with van der Waals surface area (Å²) in [5, 5.41) is 3.62. The zero-order valence-corrected chi connectivity index (χ0v) is 16.5. The van der Waals surface area contributed by atoms with Crippen LogP contribution in [0.15, 0.2) is 12.4 Å². The average Bonchev–Trinajstić information content (AvgIpc) is 3.22. The number of halogens is 3. The van der Waals surface area contributed by atoms with E-state index < -0.39 is 11.9 Å². The van der Waals surface area contributed by atoms with Gasteiger partial charge >= 0.3 is 6.18 Å². The average molecular weight is 427 g/mol. The van der Waals surface area contributed by atoms with Crippen molar-refractivity contribution in [2.75, 3.05) is 32.9 Å². The summed E-state index contributed by atoms with van der Waals surface area (Å²) in [5.41, 5.74) is -0.558. The fourth-order valence-corrected chi connectivity index (χ4v) is 3.97. The number of hydrogen-bond acceptors (Lipinski definition) is 6. The van der Waals surface area contributed by atoms with Crippen LogP contribution in [0.5, 0.6) is 0 Å². The van der Waals surface area contributed by atoms with Gasteiger partial charge in [0.1, 0.15) is 12.9 Å².